The molecule has 2 aromatic carbocycles. The van der Waals surface area contributed by atoms with Gasteiger partial charge in [-0.05, 0) is 42.7 Å². The molecule has 0 saturated heterocycles. The van der Waals surface area contributed by atoms with Gasteiger partial charge >= 0.3 is 0 Å². The molecule has 17 heavy (non-hydrogen) atoms. The van der Waals surface area contributed by atoms with Gasteiger partial charge in [-0.3, -0.25) is 0 Å². The lowest BCUT2D eigenvalue weighted by Crippen LogP contribution is -2.13. The van der Waals surface area contributed by atoms with Crippen molar-refractivity contribution < 1.29 is 0 Å². The topological polar surface area (TPSA) is 52.0 Å². The molecule has 0 aliphatic carbocycles. The van der Waals surface area contributed by atoms with E-state index in [1.54, 1.807) is 0 Å². The number of benzene rings is 2. The Hall–Kier alpha value is -1.80. The molecule has 1 unspecified atom stereocenters. The zero-order valence-corrected chi connectivity index (χ0v) is 10.3. The maximum Gasteiger partial charge on any atom is 0.0555 e. The van der Waals surface area contributed by atoms with Crippen molar-refractivity contribution in [3.05, 3.63) is 64.7 Å². The van der Waals surface area contributed by atoms with Gasteiger partial charge in [0, 0.05) is 5.69 Å². The summed E-state index contributed by atoms with van der Waals surface area (Å²) < 4.78 is 0. The Morgan fingerprint density at radius 3 is 2.47 bits per heavy atom. The average Bonchev–Trinajstić information content (AvgIpc) is 2.31. The summed E-state index contributed by atoms with van der Waals surface area (Å²) in [6.07, 6.45) is 0. The molecular weight excluding hydrogens is 208 g/mol. The highest BCUT2D eigenvalue weighted by molar-refractivity contribution is 5.45. The SMILES string of the molecule is Cc1ccc(C)c(C(N)c2cccc(N)c2)c1. The summed E-state index contributed by atoms with van der Waals surface area (Å²) in [5.41, 5.74) is 17.5. The minimum absolute atomic E-state index is 0.113. The molecule has 0 amide bonds. The minimum atomic E-state index is -0.113. The van der Waals surface area contributed by atoms with Gasteiger partial charge in [0.05, 0.1) is 6.04 Å². The molecule has 0 fully saturated rings. The fourth-order valence-corrected chi connectivity index (χ4v) is 2.03. The van der Waals surface area contributed by atoms with E-state index in [9.17, 15) is 0 Å². The van der Waals surface area contributed by atoms with Crippen LogP contribution in [-0.4, -0.2) is 0 Å². The summed E-state index contributed by atoms with van der Waals surface area (Å²) in [4.78, 5) is 0. The molecule has 4 N–H and O–H groups in total. The molecule has 0 spiro atoms. The Morgan fingerprint density at radius 1 is 1.00 bits per heavy atom. The molecule has 88 valence electrons. The van der Waals surface area contributed by atoms with E-state index in [0.29, 0.717) is 0 Å². The van der Waals surface area contributed by atoms with E-state index < -0.39 is 0 Å². The quantitative estimate of drug-likeness (QED) is 0.773. The number of hydrogen-bond acceptors (Lipinski definition) is 2. The Balaban J connectivity index is 2.43. The first-order valence-electron chi connectivity index (χ1n) is 5.76. The Kier molecular flexibility index (Phi) is 3.16. The highest BCUT2D eigenvalue weighted by Crippen LogP contribution is 2.24. The van der Waals surface area contributed by atoms with E-state index in [1.165, 1.54) is 11.1 Å². The van der Waals surface area contributed by atoms with Crippen LogP contribution in [0.5, 0.6) is 0 Å². The van der Waals surface area contributed by atoms with Crippen LogP contribution in [0, 0.1) is 13.8 Å². The summed E-state index contributed by atoms with van der Waals surface area (Å²) in [5.74, 6) is 0. The molecule has 0 bridgehead atoms. The molecule has 2 heteroatoms. The number of nitrogens with two attached hydrogens (primary N) is 2. The molecule has 0 aromatic heterocycles. The second kappa shape index (κ2) is 4.60. The molecule has 2 aromatic rings. The van der Waals surface area contributed by atoms with Crippen molar-refractivity contribution in [1.29, 1.82) is 0 Å². The van der Waals surface area contributed by atoms with E-state index in [0.717, 1.165) is 16.8 Å². The molecule has 0 saturated carbocycles. The summed E-state index contributed by atoms with van der Waals surface area (Å²) in [6, 6.07) is 14.0. The van der Waals surface area contributed by atoms with Gasteiger partial charge in [-0.25, -0.2) is 0 Å². The van der Waals surface area contributed by atoms with Gasteiger partial charge in [0.1, 0.15) is 0 Å². The number of aryl methyl sites for hydroxylation is 2. The van der Waals surface area contributed by atoms with Gasteiger partial charge in [-0.1, -0.05) is 35.9 Å². The lowest BCUT2D eigenvalue weighted by molar-refractivity contribution is 0.860. The summed E-state index contributed by atoms with van der Waals surface area (Å²) in [5, 5.41) is 0. The average molecular weight is 226 g/mol. The lowest BCUT2D eigenvalue weighted by Gasteiger charge is -2.16. The smallest absolute Gasteiger partial charge is 0.0555 e. The lowest BCUT2D eigenvalue weighted by atomic mass is 9.94. The van der Waals surface area contributed by atoms with Gasteiger partial charge < -0.3 is 11.5 Å². The van der Waals surface area contributed by atoms with Crippen LogP contribution in [0.3, 0.4) is 0 Å². The largest absolute Gasteiger partial charge is 0.399 e. The second-order valence-corrected chi connectivity index (χ2v) is 4.51. The van der Waals surface area contributed by atoms with Crippen LogP contribution in [-0.2, 0) is 0 Å². The summed E-state index contributed by atoms with van der Waals surface area (Å²) in [6.45, 7) is 4.16. The highest BCUT2D eigenvalue weighted by Gasteiger charge is 2.11. The maximum atomic E-state index is 6.30. The standard InChI is InChI=1S/C15H18N2/c1-10-6-7-11(2)14(8-10)15(17)12-4-3-5-13(16)9-12/h3-9,15H,16-17H2,1-2H3. The Bertz CT molecular complexity index is 532. The van der Waals surface area contributed by atoms with Crippen molar-refractivity contribution in [3.8, 4) is 0 Å². The van der Waals surface area contributed by atoms with Crippen LogP contribution in [0.1, 0.15) is 28.3 Å². The molecule has 0 aliphatic heterocycles. The predicted molar refractivity (Wildman–Crippen MR) is 72.8 cm³/mol. The third-order valence-corrected chi connectivity index (χ3v) is 3.04. The summed E-state index contributed by atoms with van der Waals surface area (Å²) in [7, 11) is 0. The van der Waals surface area contributed by atoms with Crippen molar-refractivity contribution in [2.75, 3.05) is 5.73 Å². The molecule has 0 aliphatic rings. The predicted octanol–water partition coefficient (Wildman–Crippen LogP) is 2.93. The molecule has 2 nitrogen and oxygen atoms in total. The number of hydrogen-bond donors (Lipinski definition) is 2. The van der Waals surface area contributed by atoms with Crippen LogP contribution >= 0.6 is 0 Å². The van der Waals surface area contributed by atoms with Crippen molar-refractivity contribution in [1.82, 2.24) is 0 Å². The van der Waals surface area contributed by atoms with Gasteiger partial charge in [0.2, 0.25) is 0 Å². The first-order valence-corrected chi connectivity index (χ1v) is 5.76. The summed E-state index contributed by atoms with van der Waals surface area (Å²) >= 11 is 0. The first-order chi connectivity index (χ1) is 8.08. The Morgan fingerprint density at radius 2 is 1.76 bits per heavy atom. The fraction of sp³-hybridized carbons (Fsp3) is 0.200. The maximum absolute atomic E-state index is 6.30. The number of nitrogen functional groups attached to an aromatic ring is 1. The van der Waals surface area contributed by atoms with Gasteiger partial charge in [0.15, 0.2) is 0 Å². The van der Waals surface area contributed by atoms with E-state index >= 15 is 0 Å². The normalized spacial score (nSPS) is 12.4. The first kappa shape index (κ1) is 11.7. The second-order valence-electron chi connectivity index (χ2n) is 4.51. The number of rotatable bonds is 2. The Labute approximate surface area is 102 Å². The van der Waals surface area contributed by atoms with E-state index in [1.807, 2.05) is 24.3 Å². The van der Waals surface area contributed by atoms with Crippen molar-refractivity contribution >= 4 is 5.69 Å². The highest BCUT2D eigenvalue weighted by atomic mass is 14.6. The molecule has 0 radical (unpaired) electrons. The third kappa shape index (κ3) is 2.48. The van der Waals surface area contributed by atoms with Gasteiger partial charge in [-0.2, -0.15) is 0 Å². The van der Waals surface area contributed by atoms with E-state index in [-0.39, 0.29) is 6.04 Å². The van der Waals surface area contributed by atoms with E-state index in [4.69, 9.17) is 11.5 Å². The molecule has 2 rings (SSSR count). The third-order valence-electron chi connectivity index (χ3n) is 3.04. The molecular formula is C15H18N2. The van der Waals surface area contributed by atoms with Crippen LogP contribution in [0.25, 0.3) is 0 Å². The van der Waals surface area contributed by atoms with Crippen molar-refractivity contribution in [2.24, 2.45) is 5.73 Å². The van der Waals surface area contributed by atoms with Crippen LogP contribution in [0.2, 0.25) is 0 Å². The van der Waals surface area contributed by atoms with Crippen LogP contribution in [0.15, 0.2) is 42.5 Å². The molecule has 0 heterocycles. The van der Waals surface area contributed by atoms with Gasteiger partial charge in [-0.15, -0.1) is 0 Å². The van der Waals surface area contributed by atoms with Crippen LogP contribution in [0.4, 0.5) is 5.69 Å². The molecule has 1 atom stereocenters. The van der Waals surface area contributed by atoms with Crippen molar-refractivity contribution in [2.45, 2.75) is 19.9 Å². The monoisotopic (exact) mass is 226 g/mol. The van der Waals surface area contributed by atoms with Crippen molar-refractivity contribution in [3.63, 3.8) is 0 Å². The van der Waals surface area contributed by atoms with Gasteiger partial charge in [0.25, 0.3) is 0 Å². The minimum Gasteiger partial charge on any atom is -0.399 e. The van der Waals surface area contributed by atoms with E-state index in [2.05, 4.69) is 32.0 Å². The fourth-order valence-electron chi connectivity index (χ4n) is 2.03. The zero-order valence-electron chi connectivity index (χ0n) is 10.3. The number of anilines is 1. The zero-order chi connectivity index (χ0) is 12.4. The van der Waals surface area contributed by atoms with Crippen LogP contribution < -0.4 is 11.5 Å².